The van der Waals surface area contributed by atoms with Crippen LogP contribution < -0.4 is 0 Å². The molecule has 0 saturated heterocycles. The number of unbranched alkanes of at least 4 members (excludes halogenated alkanes) is 3. The quantitative estimate of drug-likeness (QED) is 0.217. The second-order valence-corrected chi connectivity index (χ2v) is 9.59. The lowest BCUT2D eigenvalue weighted by atomic mass is 10.0. The van der Waals surface area contributed by atoms with Crippen molar-refractivity contribution in [2.75, 3.05) is 19.8 Å². The summed E-state index contributed by atoms with van der Waals surface area (Å²) in [4.78, 5) is 11.5. The van der Waals surface area contributed by atoms with E-state index in [2.05, 4.69) is 0 Å². The Kier molecular flexibility index (Phi) is 12.3. The van der Waals surface area contributed by atoms with Crippen LogP contribution in [0.5, 0.6) is 0 Å². The molecule has 5 nitrogen and oxygen atoms in total. The molecule has 0 spiro atoms. The molecule has 0 aliphatic heterocycles. The van der Waals surface area contributed by atoms with E-state index in [1.54, 1.807) is 18.2 Å². The zero-order valence-electron chi connectivity index (χ0n) is 17.2. The van der Waals surface area contributed by atoms with Gasteiger partial charge in [-0.3, -0.25) is 0 Å². The third kappa shape index (κ3) is 9.34. The van der Waals surface area contributed by atoms with Crippen LogP contribution >= 0.6 is 11.6 Å². The third-order valence-electron chi connectivity index (χ3n) is 4.26. The van der Waals surface area contributed by atoms with Crippen LogP contribution in [-0.4, -0.2) is 39.7 Å². The molecule has 0 aromatic heterocycles. The van der Waals surface area contributed by atoms with Crippen LogP contribution in [0.25, 0.3) is 6.08 Å². The molecule has 0 fully saturated rings. The van der Waals surface area contributed by atoms with E-state index in [0.717, 1.165) is 37.3 Å². The molecule has 0 aliphatic rings. The van der Waals surface area contributed by atoms with Crippen molar-refractivity contribution in [1.82, 2.24) is 0 Å². The highest BCUT2D eigenvalue weighted by molar-refractivity contribution is 6.60. The van der Waals surface area contributed by atoms with Crippen LogP contribution in [0.2, 0.25) is 11.1 Å². The molecule has 7 heteroatoms. The summed E-state index contributed by atoms with van der Waals surface area (Å²) in [6, 6.07) is 7.97. The summed E-state index contributed by atoms with van der Waals surface area (Å²) in [5.41, 5.74) is 1.27. The molecule has 158 valence electrons. The smallest absolute Gasteiger partial charge is 0.478 e. The Morgan fingerprint density at radius 1 is 0.964 bits per heavy atom. The standard InChI is InChI=1S/C21H33ClO5Si/c1-4-25-28(26-5-2,27-6-3)16-10-8-7-9-11-19(21(23)24)17-18-12-14-20(22)15-13-18/h12-15,17H,4-11,16H2,1-3H3,(H,23,24)/b19-17+. The van der Waals surface area contributed by atoms with E-state index in [4.69, 9.17) is 24.9 Å². The van der Waals surface area contributed by atoms with Gasteiger partial charge in [0.2, 0.25) is 0 Å². The van der Waals surface area contributed by atoms with Gasteiger partial charge in [-0.15, -0.1) is 0 Å². The van der Waals surface area contributed by atoms with Gasteiger partial charge >= 0.3 is 14.8 Å². The van der Waals surface area contributed by atoms with Gasteiger partial charge in [0.25, 0.3) is 0 Å². The molecule has 0 bridgehead atoms. The lowest BCUT2D eigenvalue weighted by molar-refractivity contribution is -0.132. The van der Waals surface area contributed by atoms with Crippen LogP contribution in [0.1, 0.15) is 58.4 Å². The van der Waals surface area contributed by atoms with Gasteiger partial charge in [0.1, 0.15) is 0 Å². The van der Waals surface area contributed by atoms with Gasteiger partial charge in [0, 0.05) is 36.5 Å². The molecule has 1 N–H and O–H groups in total. The molecule has 0 unspecified atom stereocenters. The lowest BCUT2D eigenvalue weighted by Gasteiger charge is -2.28. The maximum absolute atomic E-state index is 11.5. The summed E-state index contributed by atoms with van der Waals surface area (Å²) < 4.78 is 17.6. The summed E-state index contributed by atoms with van der Waals surface area (Å²) >= 11 is 5.87. The van der Waals surface area contributed by atoms with E-state index < -0.39 is 14.8 Å². The maximum atomic E-state index is 11.5. The predicted molar refractivity (Wildman–Crippen MR) is 116 cm³/mol. The summed E-state index contributed by atoms with van der Waals surface area (Å²) in [5.74, 6) is -0.870. The number of aliphatic carboxylic acids is 1. The van der Waals surface area contributed by atoms with Crippen molar-refractivity contribution >= 4 is 32.5 Å². The number of hydrogen-bond acceptors (Lipinski definition) is 4. The van der Waals surface area contributed by atoms with Crippen LogP contribution in [0.15, 0.2) is 29.8 Å². The molecule has 1 rings (SSSR count). The number of hydrogen-bond donors (Lipinski definition) is 1. The molecule has 0 atom stereocenters. The Hall–Kier alpha value is -1.18. The maximum Gasteiger partial charge on any atom is 0.500 e. The van der Waals surface area contributed by atoms with Crippen molar-refractivity contribution in [3.63, 3.8) is 0 Å². The van der Waals surface area contributed by atoms with E-state index in [0.29, 0.717) is 36.8 Å². The van der Waals surface area contributed by atoms with Crippen LogP contribution in [-0.2, 0) is 18.1 Å². The molecule has 0 aliphatic carbocycles. The molecule has 0 saturated carbocycles. The first-order valence-corrected chi connectivity index (χ1v) is 12.4. The van der Waals surface area contributed by atoms with Gasteiger partial charge in [-0.1, -0.05) is 36.6 Å². The highest BCUT2D eigenvalue weighted by Gasteiger charge is 2.39. The first-order valence-electron chi connectivity index (χ1n) is 10.1. The molecular formula is C21H33ClO5Si. The second-order valence-electron chi connectivity index (χ2n) is 6.42. The average Bonchev–Trinajstić information content (AvgIpc) is 2.65. The van der Waals surface area contributed by atoms with Crippen molar-refractivity contribution in [1.29, 1.82) is 0 Å². The third-order valence-corrected chi connectivity index (χ3v) is 7.66. The van der Waals surface area contributed by atoms with Gasteiger partial charge < -0.3 is 18.4 Å². The fourth-order valence-electron chi connectivity index (χ4n) is 3.01. The van der Waals surface area contributed by atoms with Gasteiger partial charge in [-0.2, -0.15) is 0 Å². The minimum absolute atomic E-state index is 0.420. The van der Waals surface area contributed by atoms with E-state index in [-0.39, 0.29) is 0 Å². The number of carboxylic acids is 1. The van der Waals surface area contributed by atoms with Gasteiger partial charge in [-0.25, -0.2) is 4.79 Å². The second kappa shape index (κ2) is 13.9. The molecule has 1 aromatic carbocycles. The Balaban J connectivity index is 2.46. The van der Waals surface area contributed by atoms with Crippen molar-refractivity contribution in [3.05, 3.63) is 40.4 Å². The topological polar surface area (TPSA) is 65.0 Å². The van der Waals surface area contributed by atoms with Crippen molar-refractivity contribution in [2.45, 2.75) is 58.9 Å². The number of benzene rings is 1. The Morgan fingerprint density at radius 3 is 2.00 bits per heavy atom. The Morgan fingerprint density at radius 2 is 1.50 bits per heavy atom. The largest absolute Gasteiger partial charge is 0.500 e. The fraction of sp³-hybridized carbons (Fsp3) is 0.571. The van der Waals surface area contributed by atoms with Crippen LogP contribution in [0.3, 0.4) is 0 Å². The predicted octanol–water partition coefficient (Wildman–Crippen LogP) is 5.81. The van der Waals surface area contributed by atoms with E-state index in [1.807, 2.05) is 32.9 Å². The van der Waals surface area contributed by atoms with Gasteiger partial charge in [-0.05, 0) is 63.8 Å². The lowest BCUT2D eigenvalue weighted by Crippen LogP contribution is -2.45. The highest BCUT2D eigenvalue weighted by atomic mass is 35.5. The number of rotatable bonds is 15. The van der Waals surface area contributed by atoms with Crippen LogP contribution in [0.4, 0.5) is 0 Å². The first kappa shape index (κ1) is 24.9. The summed E-state index contributed by atoms with van der Waals surface area (Å²) in [7, 11) is -2.57. The molecular weight excluding hydrogens is 396 g/mol. The van der Waals surface area contributed by atoms with Crippen molar-refractivity contribution in [2.24, 2.45) is 0 Å². The normalized spacial score (nSPS) is 12.4. The average molecular weight is 429 g/mol. The van der Waals surface area contributed by atoms with E-state index in [9.17, 15) is 9.90 Å². The summed E-state index contributed by atoms with van der Waals surface area (Å²) in [6.07, 6.45) is 6.00. The summed E-state index contributed by atoms with van der Waals surface area (Å²) in [6.45, 7) is 7.64. The molecule has 28 heavy (non-hydrogen) atoms. The Labute approximate surface area is 175 Å². The Bertz CT molecular complexity index is 586. The summed E-state index contributed by atoms with van der Waals surface area (Å²) in [5, 5.41) is 10.1. The minimum atomic E-state index is -2.57. The van der Waals surface area contributed by atoms with Gasteiger partial charge in [0.15, 0.2) is 0 Å². The fourth-order valence-corrected chi connectivity index (χ4v) is 5.82. The van der Waals surface area contributed by atoms with Crippen LogP contribution in [0, 0.1) is 0 Å². The van der Waals surface area contributed by atoms with E-state index >= 15 is 0 Å². The zero-order chi connectivity index (χ0) is 20.8. The van der Waals surface area contributed by atoms with Gasteiger partial charge in [0.05, 0.1) is 0 Å². The van der Waals surface area contributed by atoms with E-state index in [1.165, 1.54) is 0 Å². The monoisotopic (exact) mass is 428 g/mol. The highest BCUT2D eigenvalue weighted by Crippen LogP contribution is 2.22. The van der Waals surface area contributed by atoms with Crippen molar-refractivity contribution in [3.8, 4) is 0 Å². The van der Waals surface area contributed by atoms with Crippen molar-refractivity contribution < 1.29 is 23.2 Å². The SMILES string of the molecule is CCO[Si](CCCCCC/C(=C\c1ccc(Cl)cc1)C(=O)O)(OCC)OCC. The minimum Gasteiger partial charge on any atom is -0.478 e. The molecule has 0 radical (unpaired) electrons. The number of carboxylic acid groups (broad SMARTS) is 1. The molecule has 1 aromatic rings. The zero-order valence-corrected chi connectivity index (χ0v) is 19.0. The number of halogens is 1. The number of carbonyl (C=O) groups is 1. The molecule has 0 amide bonds. The molecule has 0 heterocycles. The first-order chi connectivity index (χ1) is 13.5.